The molecule has 3 nitrogen and oxygen atoms in total. The Morgan fingerprint density at radius 1 is 1.25 bits per heavy atom. The first-order chi connectivity index (χ1) is 9.44. The number of rotatable bonds is 5. The summed E-state index contributed by atoms with van der Waals surface area (Å²) in [6.07, 6.45) is 1.05. The van der Waals surface area contributed by atoms with Gasteiger partial charge in [-0.15, -0.1) is 0 Å². The average Bonchev–Trinajstić information content (AvgIpc) is 2.80. The Labute approximate surface area is 124 Å². The van der Waals surface area contributed by atoms with Gasteiger partial charge in [-0.25, -0.2) is 0 Å². The standard InChI is InChI=1S/C16H22N2OS/c1-16(2,3)9-14(12-7-5-4-6-8-12)17-10-13-11-20-15(19)18-13/h4-8,11,14,17H,9-10H2,1-3H3,(H,18,19). The molecule has 0 fully saturated rings. The van der Waals surface area contributed by atoms with E-state index in [4.69, 9.17) is 0 Å². The first-order valence-electron chi connectivity index (χ1n) is 6.89. The Morgan fingerprint density at radius 2 is 1.95 bits per heavy atom. The van der Waals surface area contributed by atoms with Crippen LogP contribution in [-0.2, 0) is 6.54 Å². The highest BCUT2D eigenvalue weighted by Crippen LogP contribution is 2.29. The van der Waals surface area contributed by atoms with Crippen LogP contribution in [0.4, 0.5) is 0 Å². The summed E-state index contributed by atoms with van der Waals surface area (Å²) in [6, 6.07) is 10.8. The highest BCUT2D eigenvalue weighted by molar-refractivity contribution is 7.07. The smallest absolute Gasteiger partial charge is 0.304 e. The molecule has 2 rings (SSSR count). The van der Waals surface area contributed by atoms with Crippen molar-refractivity contribution in [1.82, 2.24) is 10.3 Å². The third kappa shape index (κ3) is 4.62. The van der Waals surface area contributed by atoms with E-state index in [1.807, 2.05) is 11.4 Å². The molecule has 0 saturated carbocycles. The predicted octanol–water partition coefficient (Wildman–Crippen LogP) is 3.70. The minimum Gasteiger partial charge on any atom is -0.315 e. The van der Waals surface area contributed by atoms with Crippen LogP contribution in [0.2, 0.25) is 0 Å². The van der Waals surface area contributed by atoms with Crippen LogP contribution in [0.3, 0.4) is 0 Å². The summed E-state index contributed by atoms with van der Waals surface area (Å²) < 4.78 is 0. The fourth-order valence-electron chi connectivity index (χ4n) is 2.24. The first-order valence-corrected chi connectivity index (χ1v) is 7.77. The van der Waals surface area contributed by atoms with Gasteiger partial charge >= 0.3 is 4.87 Å². The van der Waals surface area contributed by atoms with Gasteiger partial charge < -0.3 is 10.3 Å². The number of hydrogen-bond donors (Lipinski definition) is 2. The summed E-state index contributed by atoms with van der Waals surface area (Å²) in [4.78, 5) is 14.0. The van der Waals surface area contributed by atoms with Crippen molar-refractivity contribution in [3.05, 3.63) is 56.6 Å². The molecule has 0 radical (unpaired) electrons. The second-order valence-electron chi connectivity index (χ2n) is 6.28. The lowest BCUT2D eigenvalue weighted by atomic mass is 9.85. The van der Waals surface area contributed by atoms with Gasteiger partial charge in [-0.3, -0.25) is 4.79 Å². The summed E-state index contributed by atoms with van der Waals surface area (Å²) in [7, 11) is 0. The fourth-order valence-corrected chi connectivity index (χ4v) is 2.82. The molecule has 1 heterocycles. The first kappa shape index (κ1) is 15.0. The van der Waals surface area contributed by atoms with Crippen molar-refractivity contribution in [1.29, 1.82) is 0 Å². The van der Waals surface area contributed by atoms with E-state index in [-0.39, 0.29) is 10.3 Å². The number of hydrogen-bond acceptors (Lipinski definition) is 3. The Hall–Kier alpha value is -1.39. The monoisotopic (exact) mass is 290 g/mol. The predicted molar refractivity (Wildman–Crippen MR) is 85.0 cm³/mol. The highest BCUT2D eigenvalue weighted by Gasteiger charge is 2.19. The van der Waals surface area contributed by atoms with Crippen LogP contribution in [0, 0.1) is 5.41 Å². The van der Waals surface area contributed by atoms with E-state index in [1.54, 1.807) is 0 Å². The van der Waals surface area contributed by atoms with Crippen LogP contribution in [0.15, 0.2) is 40.5 Å². The van der Waals surface area contributed by atoms with Crippen LogP contribution >= 0.6 is 11.3 Å². The minimum absolute atomic E-state index is 0.00822. The van der Waals surface area contributed by atoms with Crippen LogP contribution in [0.5, 0.6) is 0 Å². The maximum atomic E-state index is 11.2. The molecule has 0 spiro atoms. The van der Waals surface area contributed by atoms with Gasteiger partial charge in [-0.2, -0.15) is 0 Å². The van der Waals surface area contributed by atoms with Gasteiger partial charge in [0.25, 0.3) is 0 Å². The lowest BCUT2D eigenvalue weighted by Crippen LogP contribution is -2.25. The topological polar surface area (TPSA) is 44.9 Å². The molecule has 0 amide bonds. The Morgan fingerprint density at radius 3 is 2.50 bits per heavy atom. The molecule has 2 aromatic rings. The van der Waals surface area contributed by atoms with Crippen molar-refractivity contribution in [2.45, 2.75) is 39.8 Å². The molecule has 0 aliphatic rings. The zero-order valence-electron chi connectivity index (χ0n) is 12.3. The molecule has 1 aromatic carbocycles. The van der Waals surface area contributed by atoms with Gasteiger partial charge in [0.1, 0.15) is 0 Å². The number of thiazole rings is 1. The van der Waals surface area contributed by atoms with Crippen molar-refractivity contribution in [3.8, 4) is 0 Å². The Bertz CT molecular complexity index is 580. The molecule has 2 N–H and O–H groups in total. The van der Waals surface area contributed by atoms with Crippen LogP contribution < -0.4 is 10.2 Å². The molecular formula is C16H22N2OS. The molecule has 0 aliphatic heterocycles. The lowest BCUT2D eigenvalue weighted by molar-refractivity contribution is 0.309. The van der Waals surface area contributed by atoms with Crippen molar-refractivity contribution >= 4 is 11.3 Å². The van der Waals surface area contributed by atoms with Crippen molar-refractivity contribution in [2.75, 3.05) is 0 Å². The number of H-pyrrole nitrogens is 1. The molecule has 4 heteroatoms. The van der Waals surface area contributed by atoms with E-state index >= 15 is 0 Å². The summed E-state index contributed by atoms with van der Waals surface area (Å²) in [5, 5.41) is 5.44. The summed E-state index contributed by atoms with van der Waals surface area (Å²) in [5.74, 6) is 0. The largest absolute Gasteiger partial charge is 0.315 e. The van der Waals surface area contributed by atoms with Gasteiger partial charge in [0, 0.05) is 23.7 Å². The second-order valence-corrected chi connectivity index (χ2v) is 7.12. The van der Waals surface area contributed by atoms with E-state index in [0.717, 1.165) is 12.1 Å². The van der Waals surface area contributed by atoms with E-state index in [2.05, 4.69) is 55.3 Å². The minimum atomic E-state index is 0.00822. The zero-order chi connectivity index (χ0) is 14.6. The van der Waals surface area contributed by atoms with Gasteiger partial charge in [0.05, 0.1) is 0 Å². The SMILES string of the molecule is CC(C)(C)CC(NCc1csc(=O)[nH]1)c1ccccc1. The number of nitrogens with one attached hydrogen (secondary N) is 2. The molecule has 0 bridgehead atoms. The van der Waals surface area contributed by atoms with Crippen LogP contribution in [-0.4, -0.2) is 4.98 Å². The van der Waals surface area contributed by atoms with Crippen molar-refractivity contribution < 1.29 is 0 Å². The molecule has 108 valence electrons. The number of benzene rings is 1. The molecule has 0 saturated heterocycles. The lowest BCUT2D eigenvalue weighted by Gasteiger charge is -2.27. The maximum Gasteiger partial charge on any atom is 0.304 e. The van der Waals surface area contributed by atoms with Crippen LogP contribution in [0.25, 0.3) is 0 Å². The summed E-state index contributed by atoms with van der Waals surface area (Å²) in [5.41, 5.74) is 2.49. The van der Waals surface area contributed by atoms with Crippen LogP contribution in [0.1, 0.15) is 44.5 Å². The number of aromatic amines is 1. The van der Waals surface area contributed by atoms with E-state index < -0.39 is 0 Å². The summed E-state index contributed by atoms with van der Waals surface area (Å²) in [6.45, 7) is 7.43. The zero-order valence-corrected chi connectivity index (χ0v) is 13.1. The quantitative estimate of drug-likeness (QED) is 0.882. The maximum absolute atomic E-state index is 11.2. The highest BCUT2D eigenvalue weighted by atomic mass is 32.1. The molecule has 1 atom stereocenters. The Balaban J connectivity index is 2.08. The van der Waals surface area contributed by atoms with Crippen molar-refractivity contribution in [2.24, 2.45) is 5.41 Å². The van der Waals surface area contributed by atoms with Gasteiger partial charge in [-0.05, 0) is 17.4 Å². The van der Waals surface area contributed by atoms with Crippen molar-refractivity contribution in [3.63, 3.8) is 0 Å². The molecular weight excluding hydrogens is 268 g/mol. The molecule has 0 aliphatic carbocycles. The fraction of sp³-hybridized carbons (Fsp3) is 0.438. The van der Waals surface area contributed by atoms with Gasteiger partial charge in [-0.1, -0.05) is 62.4 Å². The molecule has 1 unspecified atom stereocenters. The normalized spacial score (nSPS) is 13.3. The Kier molecular flexibility index (Phi) is 4.78. The third-order valence-electron chi connectivity index (χ3n) is 3.13. The average molecular weight is 290 g/mol. The third-order valence-corrected chi connectivity index (χ3v) is 3.85. The van der Waals surface area contributed by atoms with E-state index in [9.17, 15) is 4.79 Å². The van der Waals surface area contributed by atoms with E-state index in [0.29, 0.717) is 12.6 Å². The molecule has 20 heavy (non-hydrogen) atoms. The second kappa shape index (κ2) is 6.37. The number of aromatic nitrogens is 1. The van der Waals surface area contributed by atoms with E-state index in [1.165, 1.54) is 16.9 Å². The summed E-state index contributed by atoms with van der Waals surface area (Å²) >= 11 is 1.21. The van der Waals surface area contributed by atoms with Gasteiger partial charge in [0.2, 0.25) is 0 Å². The molecule has 1 aromatic heterocycles. The van der Waals surface area contributed by atoms with Gasteiger partial charge in [0.15, 0.2) is 0 Å².